The first-order valence-electron chi connectivity index (χ1n) is 5.43. The Morgan fingerprint density at radius 2 is 1.28 bits per heavy atom. The minimum atomic E-state index is -0.334. The molecule has 4 heteroatoms. The van der Waals surface area contributed by atoms with Gasteiger partial charge in [-0.15, -0.1) is 0 Å². The summed E-state index contributed by atoms with van der Waals surface area (Å²) in [7, 11) is 0. The zero-order chi connectivity index (χ0) is 12.7. The number of rotatable bonds is 1. The van der Waals surface area contributed by atoms with Crippen LogP contribution in [0, 0.1) is 10.1 Å². The van der Waals surface area contributed by atoms with Crippen molar-refractivity contribution < 1.29 is 4.92 Å². The van der Waals surface area contributed by atoms with Gasteiger partial charge in [-0.3, -0.25) is 10.1 Å². The van der Waals surface area contributed by atoms with Gasteiger partial charge in [0, 0.05) is 5.39 Å². The average molecular weight is 302 g/mol. The molecule has 3 rings (SSSR count). The number of hydrogen-bond donors (Lipinski definition) is 0. The van der Waals surface area contributed by atoms with E-state index >= 15 is 0 Å². The van der Waals surface area contributed by atoms with Crippen molar-refractivity contribution in [1.82, 2.24) is 0 Å². The summed E-state index contributed by atoms with van der Waals surface area (Å²) in [5.74, 6) is 0. The minimum absolute atomic E-state index is 0.129. The van der Waals surface area contributed by atoms with Crippen molar-refractivity contribution in [3.63, 3.8) is 0 Å². The summed E-state index contributed by atoms with van der Waals surface area (Å²) in [4.78, 5) is 10.9. The molecular formula is C14H8BrNO2. The molecule has 0 spiro atoms. The number of nitrogens with zero attached hydrogens (tertiary/aromatic N) is 1. The molecule has 0 heterocycles. The molecule has 0 unspecified atom stereocenters. The first-order valence-corrected chi connectivity index (χ1v) is 6.23. The molecule has 3 aromatic rings. The Kier molecular flexibility index (Phi) is 2.52. The third kappa shape index (κ3) is 1.49. The van der Waals surface area contributed by atoms with Crippen LogP contribution >= 0.6 is 15.9 Å². The van der Waals surface area contributed by atoms with E-state index in [0.29, 0.717) is 9.86 Å². The van der Waals surface area contributed by atoms with Crippen molar-refractivity contribution in [2.45, 2.75) is 0 Å². The van der Waals surface area contributed by atoms with Crippen LogP contribution in [0.15, 0.2) is 53.0 Å². The van der Waals surface area contributed by atoms with Crippen LogP contribution in [0.5, 0.6) is 0 Å². The maximum absolute atomic E-state index is 11.3. The second-order valence-electron chi connectivity index (χ2n) is 4.01. The Bertz CT molecular complexity index is 783. The molecule has 0 N–H and O–H groups in total. The van der Waals surface area contributed by atoms with E-state index in [1.54, 1.807) is 6.07 Å². The molecule has 0 aliphatic rings. The van der Waals surface area contributed by atoms with Crippen LogP contribution in [0.2, 0.25) is 0 Å². The fraction of sp³-hybridized carbons (Fsp3) is 0. The molecule has 0 saturated heterocycles. The van der Waals surface area contributed by atoms with Gasteiger partial charge in [-0.1, -0.05) is 42.5 Å². The van der Waals surface area contributed by atoms with E-state index in [1.165, 1.54) is 0 Å². The predicted octanol–water partition coefficient (Wildman–Crippen LogP) is 4.66. The summed E-state index contributed by atoms with van der Waals surface area (Å²) >= 11 is 3.36. The van der Waals surface area contributed by atoms with Gasteiger partial charge in [0.15, 0.2) is 0 Å². The Balaban J connectivity index is 2.66. The largest absolute Gasteiger partial charge is 0.291 e. The molecule has 0 amide bonds. The zero-order valence-corrected chi connectivity index (χ0v) is 10.8. The molecule has 0 fully saturated rings. The predicted molar refractivity (Wildman–Crippen MR) is 75.8 cm³/mol. The standard InChI is InChI=1S/C14H8BrNO2/c15-13-11-7-3-1-5-9(11)10-6-2-4-8-12(10)14(13)16(17)18/h1-8H. The molecule has 0 radical (unpaired) electrons. The normalized spacial score (nSPS) is 10.9. The number of benzene rings is 3. The Labute approximate surface area is 111 Å². The number of halogens is 1. The van der Waals surface area contributed by atoms with E-state index in [9.17, 15) is 10.1 Å². The first kappa shape index (κ1) is 11.2. The molecular weight excluding hydrogens is 294 g/mol. The van der Waals surface area contributed by atoms with Gasteiger partial charge < -0.3 is 0 Å². The lowest BCUT2D eigenvalue weighted by atomic mass is 10.0. The van der Waals surface area contributed by atoms with Gasteiger partial charge in [0.1, 0.15) is 4.47 Å². The van der Waals surface area contributed by atoms with Crippen LogP contribution in [0.25, 0.3) is 21.5 Å². The van der Waals surface area contributed by atoms with E-state index < -0.39 is 0 Å². The molecule has 18 heavy (non-hydrogen) atoms. The van der Waals surface area contributed by atoms with Crippen LogP contribution < -0.4 is 0 Å². The lowest BCUT2D eigenvalue weighted by molar-refractivity contribution is -0.383. The highest BCUT2D eigenvalue weighted by atomic mass is 79.9. The van der Waals surface area contributed by atoms with Gasteiger partial charge in [0.2, 0.25) is 0 Å². The molecule has 0 aliphatic carbocycles. The van der Waals surface area contributed by atoms with Gasteiger partial charge in [-0.25, -0.2) is 0 Å². The third-order valence-electron chi connectivity index (χ3n) is 3.03. The van der Waals surface area contributed by atoms with Gasteiger partial charge in [-0.2, -0.15) is 0 Å². The van der Waals surface area contributed by atoms with E-state index in [4.69, 9.17) is 0 Å². The zero-order valence-electron chi connectivity index (χ0n) is 9.26. The third-order valence-corrected chi connectivity index (χ3v) is 3.83. The molecule has 0 aliphatic heterocycles. The van der Waals surface area contributed by atoms with Crippen molar-refractivity contribution in [2.24, 2.45) is 0 Å². The van der Waals surface area contributed by atoms with Gasteiger partial charge in [0.05, 0.1) is 10.3 Å². The average Bonchev–Trinajstić information content (AvgIpc) is 2.39. The summed E-state index contributed by atoms with van der Waals surface area (Å²) in [5, 5.41) is 14.7. The second-order valence-corrected chi connectivity index (χ2v) is 4.80. The number of fused-ring (bicyclic) bond motifs is 3. The van der Waals surface area contributed by atoms with Gasteiger partial charge in [0.25, 0.3) is 5.69 Å². The highest BCUT2D eigenvalue weighted by Gasteiger charge is 2.20. The lowest BCUT2D eigenvalue weighted by Gasteiger charge is -2.07. The number of hydrogen-bond acceptors (Lipinski definition) is 2. The molecule has 3 nitrogen and oxygen atoms in total. The lowest BCUT2D eigenvalue weighted by Crippen LogP contribution is -1.92. The van der Waals surface area contributed by atoms with Crippen LogP contribution in [-0.4, -0.2) is 4.92 Å². The summed E-state index contributed by atoms with van der Waals surface area (Å²) < 4.78 is 0.543. The maximum atomic E-state index is 11.3. The van der Waals surface area contributed by atoms with E-state index in [-0.39, 0.29) is 10.6 Å². The molecule has 0 atom stereocenters. The Morgan fingerprint density at radius 3 is 1.83 bits per heavy atom. The van der Waals surface area contributed by atoms with Gasteiger partial charge in [-0.05, 0) is 32.8 Å². The van der Waals surface area contributed by atoms with Crippen molar-refractivity contribution >= 4 is 43.2 Å². The quantitative estimate of drug-likeness (QED) is 0.372. The maximum Gasteiger partial charge on any atom is 0.291 e. The first-order chi connectivity index (χ1) is 8.70. The van der Waals surface area contributed by atoms with Crippen LogP contribution in [-0.2, 0) is 0 Å². The van der Waals surface area contributed by atoms with Crippen LogP contribution in [0.4, 0.5) is 5.69 Å². The topological polar surface area (TPSA) is 43.1 Å². The number of nitro groups is 1. The van der Waals surface area contributed by atoms with Crippen molar-refractivity contribution in [3.8, 4) is 0 Å². The Morgan fingerprint density at radius 1 is 0.833 bits per heavy atom. The number of nitro benzene ring substituents is 1. The highest BCUT2D eigenvalue weighted by Crippen LogP contribution is 2.40. The summed E-state index contributed by atoms with van der Waals surface area (Å²) in [5.41, 5.74) is 0.129. The smallest absolute Gasteiger partial charge is 0.258 e. The van der Waals surface area contributed by atoms with Crippen molar-refractivity contribution in [1.29, 1.82) is 0 Å². The van der Waals surface area contributed by atoms with E-state index in [0.717, 1.165) is 16.2 Å². The van der Waals surface area contributed by atoms with Crippen molar-refractivity contribution in [2.75, 3.05) is 0 Å². The summed E-state index contributed by atoms with van der Waals surface area (Å²) in [6.07, 6.45) is 0. The van der Waals surface area contributed by atoms with Gasteiger partial charge >= 0.3 is 0 Å². The minimum Gasteiger partial charge on any atom is -0.258 e. The summed E-state index contributed by atoms with van der Waals surface area (Å²) in [6.45, 7) is 0. The van der Waals surface area contributed by atoms with E-state index in [1.807, 2.05) is 42.5 Å². The van der Waals surface area contributed by atoms with Crippen molar-refractivity contribution in [3.05, 3.63) is 63.1 Å². The molecule has 0 bridgehead atoms. The Hall–Kier alpha value is -1.94. The molecule has 0 aromatic heterocycles. The monoisotopic (exact) mass is 301 g/mol. The second kappa shape index (κ2) is 4.07. The summed E-state index contributed by atoms with van der Waals surface area (Å²) in [6, 6.07) is 15.1. The molecule has 3 aromatic carbocycles. The van der Waals surface area contributed by atoms with Crippen LogP contribution in [0.3, 0.4) is 0 Å². The molecule has 88 valence electrons. The van der Waals surface area contributed by atoms with E-state index in [2.05, 4.69) is 15.9 Å². The SMILES string of the molecule is O=[N+]([O-])c1c(Br)c2ccccc2c2ccccc12. The van der Waals surface area contributed by atoms with Crippen LogP contribution in [0.1, 0.15) is 0 Å². The molecule has 0 saturated carbocycles. The highest BCUT2D eigenvalue weighted by molar-refractivity contribution is 9.10. The fourth-order valence-electron chi connectivity index (χ4n) is 2.26. The fourth-order valence-corrected chi connectivity index (χ4v) is 2.96.